The van der Waals surface area contributed by atoms with Crippen molar-refractivity contribution in [3.05, 3.63) is 42.5 Å². The number of aryl methyl sites for hydroxylation is 1. The molecule has 0 radical (unpaired) electrons. The van der Waals surface area contributed by atoms with E-state index in [2.05, 4.69) is 16.3 Å². The molecule has 0 saturated carbocycles. The third-order valence-corrected chi connectivity index (χ3v) is 3.12. The van der Waals surface area contributed by atoms with Gasteiger partial charge in [0.1, 0.15) is 0 Å². The van der Waals surface area contributed by atoms with E-state index in [-0.39, 0.29) is 4.90 Å². The minimum absolute atomic E-state index is 0.143. The van der Waals surface area contributed by atoms with E-state index in [1.807, 2.05) is 6.92 Å². The van der Waals surface area contributed by atoms with E-state index in [1.165, 1.54) is 12.1 Å². The predicted octanol–water partition coefficient (Wildman–Crippen LogP) is 1.78. The van der Waals surface area contributed by atoms with Gasteiger partial charge >= 0.3 is 10.1 Å². The summed E-state index contributed by atoms with van der Waals surface area (Å²) in [5.41, 5.74) is 3.38. The van der Waals surface area contributed by atoms with E-state index in [0.717, 1.165) is 5.56 Å². The SMILES string of the molecule is C=CCCNOS(=O)(=O)c1ccc(C)cc1. The summed E-state index contributed by atoms with van der Waals surface area (Å²) < 4.78 is 27.8. The van der Waals surface area contributed by atoms with Crippen LogP contribution in [0.1, 0.15) is 12.0 Å². The first-order valence-electron chi connectivity index (χ1n) is 4.90. The first-order chi connectivity index (χ1) is 7.56. The summed E-state index contributed by atoms with van der Waals surface area (Å²) in [5, 5.41) is 0. The molecule has 0 saturated heterocycles. The molecule has 0 spiro atoms. The molecule has 0 atom stereocenters. The molecule has 4 nitrogen and oxygen atoms in total. The highest BCUT2D eigenvalue weighted by atomic mass is 32.2. The van der Waals surface area contributed by atoms with E-state index < -0.39 is 10.1 Å². The molecule has 0 unspecified atom stereocenters. The molecule has 0 aliphatic carbocycles. The van der Waals surface area contributed by atoms with Gasteiger partial charge in [-0.15, -0.1) is 6.58 Å². The van der Waals surface area contributed by atoms with Gasteiger partial charge in [0, 0.05) is 6.54 Å². The summed E-state index contributed by atoms with van der Waals surface area (Å²) in [6, 6.07) is 6.47. The van der Waals surface area contributed by atoms with Gasteiger partial charge in [-0.05, 0) is 25.5 Å². The van der Waals surface area contributed by atoms with Crippen LogP contribution in [0.4, 0.5) is 0 Å². The predicted molar refractivity (Wildman–Crippen MR) is 62.3 cm³/mol. The Bertz CT molecular complexity index is 437. The van der Waals surface area contributed by atoms with Crippen molar-refractivity contribution in [2.75, 3.05) is 6.54 Å². The average Bonchev–Trinajstić information content (AvgIpc) is 2.25. The molecule has 1 aromatic carbocycles. The maximum atomic E-state index is 11.6. The van der Waals surface area contributed by atoms with Gasteiger partial charge in [-0.25, -0.2) is 0 Å². The Morgan fingerprint density at radius 2 is 2.00 bits per heavy atom. The van der Waals surface area contributed by atoms with Crippen LogP contribution in [-0.4, -0.2) is 15.0 Å². The molecule has 0 aromatic heterocycles. The number of hydrogen-bond acceptors (Lipinski definition) is 4. The second-order valence-corrected chi connectivity index (χ2v) is 4.87. The zero-order valence-electron chi connectivity index (χ0n) is 9.14. The fourth-order valence-corrected chi connectivity index (χ4v) is 1.84. The lowest BCUT2D eigenvalue weighted by atomic mass is 10.2. The molecule has 0 aliphatic rings. The lowest BCUT2D eigenvalue weighted by molar-refractivity contribution is 0.206. The maximum absolute atomic E-state index is 11.6. The van der Waals surface area contributed by atoms with Crippen LogP contribution >= 0.6 is 0 Å². The highest BCUT2D eigenvalue weighted by Gasteiger charge is 2.14. The Kier molecular flexibility index (Phi) is 4.67. The monoisotopic (exact) mass is 241 g/mol. The highest BCUT2D eigenvalue weighted by Crippen LogP contribution is 2.11. The molecular weight excluding hydrogens is 226 g/mol. The lowest BCUT2D eigenvalue weighted by Crippen LogP contribution is -2.21. The zero-order chi connectivity index (χ0) is 12.0. The third kappa shape index (κ3) is 3.77. The van der Waals surface area contributed by atoms with Gasteiger partial charge in [-0.3, -0.25) is 0 Å². The second kappa shape index (κ2) is 5.79. The van der Waals surface area contributed by atoms with E-state index >= 15 is 0 Å². The smallest absolute Gasteiger partial charge is 0.192 e. The Morgan fingerprint density at radius 1 is 1.38 bits per heavy atom. The van der Waals surface area contributed by atoms with Gasteiger partial charge in [0.2, 0.25) is 0 Å². The van der Waals surface area contributed by atoms with Crippen LogP contribution in [0.3, 0.4) is 0 Å². The molecule has 0 bridgehead atoms. The molecule has 0 fully saturated rings. The van der Waals surface area contributed by atoms with Crippen LogP contribution in [0.15, 0.2) is 41.8 Å². The minimum atomic E-state index is -3.70. The summed E-state index contributed by atoms with van der Waals surface area (Å²) in [6.45, 7) is 5.82. The van der Waals surface area contributed by atoms with Gasteiger partial charge in [0.25, 0.3) is 0 Å². The molecule has 0 aliphatic heterocycles. The van der Waals surface area contributed by atoms with Gasteiger partial charge < -0.3 is 0 Å². The Labute approximate surface area is 96.0 Å². The van der Waals surface area contributed by atoms with E-state index in [1.54, 1.807) is 18.2 Å². The fourth-order valence-electron chi connectivity index (χ4n) is 1.03. The molecule has 1 N–H and O–H groups in total. The number of benzene rings is 1. The van der Waals surface area contributed by atoms with Crippen molar-refractivity contribution < 1.29 is 12.7 Å². The molecular formula is C11H15NO3S. The van der Waals surface area contributed by atoms with Crippen LogP contribution in [0.5, 0.6) is 0 Å². The molecule has 1 aromatic rings. The zero-order valence-corrected chi connectivity index (χ0v) is 9.96. The van der Waals surface area contributed by atoms with Crippen LogP contribution in [0, 0.1) is 6.92 Å². The van der Waals surface area contributed by atoms with Gasteiger partial charge in [0.05, 0.1) is 4.90 Å². The molecule has 16 heavy (non-hydrogen) atoms. The minimum Gasteiger partial charge on any atom is -0.192 e. The summed E-state index contributed by atoms with van der Waals surface area (Å²) in [6.07, 6.45) is 2.32. The van der Waals surface area contributed by atoms with E-state index in [4.69, 9.17) is 0 Å². The topological polar surface area (TPSA) is 55.4 Å². The number of hydroxylamine groups is 1. The Hall–Kier alpha value is -1.17. The third-order valence-electron chi connectivity index (χ3n) is 1.93. The van der Waals surface area contributed by atoms with Crippen molar-refractivity contribution in [2.24, 2.45) is 0 Å². The molecule has 5 heteroatoms. The molecule has 0 heterocycles. The number of rotatable bonds is 6. The van der Waals surface area contributed by atoms with E-state index in [9.17, 15) is 8.42 Å². The summed E-state index contributed by atoms with van der Waals surface area (Å²) >= 11 is 0. The quantitative estimate of drug-likeness (QED) is 0.468. The highest BCUT2D eigenvalue weighted by molar-refractivity contribution is 7.86. The van der Waals surface area contributed by atoms with Crippen LogP contribution < -0.4 is 5.48 Å². The number of nitrogens with one attached hydrogen (secondary N) is 1. The average molecular weight is 241 g/mol. The van der Waals surface area contributed by atoms with Crippen molar-refractivity contribution in [3.63, 3.8) is 0 Å². The summed E-state index contributed by atoms with van der Waals surface area (Å²) in [7, 11) is -3.70. The molecule has 1 rings (SSSR count). The first-order valence-corrected chi connectivity index (χ1v) is 6.31. The van der Waals surface area contributed by atoms with Crippen molar-refractivity contribution in [3.8, 4) is 0 Å². The van der Waals surface area contributed by atoms with Crippen molar-refractivity contribution in [1.29, 1.82) is 0 Å². The second-order valence-electron chi connectivity index (χ2n) is 3.32. The first kappa shape index (κ1) is 12.9. The van der Waals surface area contributed by atoms with Crippen molar-refractivity contribution in [1.82, 2.24) is 5.48 Å². The maximum Gasteiger partial charge on any atom is 0.312 e. The van der Waals surface area contributed by atoms with E-state index in [0.29, 0.717) is 13.0 Å². The summed E-state index contributed by atoms with van der Waals surface area (Å²) in [4.78, 5) is 0.143. The number of hydrogen-bond donors (Lipinski definition) is 1. The van der Waals surface area contributed by atoms with Crippen molar-refractivity contribution >= 4 is 10.1 Å². The molecule has 88 valence electrons. The van der Waals surface area contributed by atoms with Gasteiger partial charge in [-0.2, -0.15) is 18.2 Å². The fraction of sp³-hybridized carbons (Fsp3) is 0.273. The summed E-state index contributed by atoms with van der Waals surface area (Å²) in [5.74, 6) is 0. The van der Waals surface area contributed by atoms with Gasteiger partial charge in [0.15, 0.2) is 0 Å². The van der Waals surface area contributed by atoms with Gasteiger partial charge in [-0.1, -0.05) is 23.8 Å². The van der Waals surface area contributed by atoms with Crippen LogP contribution in [0.25, 0.3) is 0 Å². The van der Waals surface area contributed by atoms with Crippen molar-refractivity contribution in [2.45, 2.75) is 18.2 Å². The lowest BCUT2D eigenvalue weighted by Gasteiger charge is -2.05. The Morgan fingerprint density at radius 3 is 2.56 bits per heavy atom. The van der Waals surface area contributed by atoms with Crippen LogP contribution in [-0.2, 0) is 14.4 Å². The Balaban J connectivity index is 2.63. The van der Waals surface area contributed by atoms with Crippen LogP contribution in [0.2, 0.25) is 0 Å². The normalized spacial score (nSPS) is 11.3. The standard InChI is InChI=1S/C11H15NO3S/c1-3-4-9-12-15-16(13,14)11-7-5-10(2)6-8-11/h3,5-8,12H,1,4,9H2,2H3. The largest absolute Gasteiger partial charge is 0.312 e. The molecule has 0 amide bonds.